The van der Waals surface area contributed by atoms with Crippen LogP contribution in [0, 0.1) is 23.7 Å². The molecule has 26 heavy (non-hydrogen) atoms. The second kappa shape index (κ2) is 6.12. The number of piperidine rings is 1. The summed E-state index contributed by atoms with van der Waals surface area (Å²) in [7, 11) is 1.55. The second-order valence-electron chi connectivity index (χ2n) is 8.59. The molecule has 0 amide bonds. The number of nitrogens with zero attached hydrogens (tertiary/aromatic N) is 1. The fourth-order valence-corrected chi connectivity index (χ4v) is 6.11. The van der Waals surface area contributed by atoms with Crippen molar-refractivity contribution in [1.82, 2.24) is 9.88 Å². The van der Waals surface area contributed by atoms with Crippen LogP contribution in [0.1, 0.15) is 43.5 Å². The molecule has 0 spiro atoms. The number of hydrogen-bond acceptors (Lipinski definition) is 3. The highest BCUT2D eigenvalue weighted by Gasteiger charge is 2.48. The first kappa shape index (κ1) is 16.4. The van der Waals surface area contributed by atoms with Crippen molar-refractivity contribution in [2.24, 2.45) is 23.7 Å². The molecule has 5 rings (SSSR count). The third-order valence-electron chi connectivity index (χ3n) is 7.38. The van der Waals surface area contributed by atoms with Gasteiger partial charge in [-0.3, -0.25) is 9.69 Å². The van der Waals surface area contributed by atoms with Gasteiger partial charge in [-0.2, -0.15) is 0 Å². The van der Waals surface area contributed by atoms with Crippen molar-refractivity contribution < 1.29 is 9.53 Å². The summed E-state index contributed by atoms with van der Waals surface area (Å²) in [6, 6.07) is 9.09. The third-order valence-corrected chi connectivity index (χ3v) is 7.38. The van der Waals surface area contributed by atoms with Gasteiger partial charge in [-0.25, -0.2) is 0 Å². The quantitative estimate of drug-likeness (QED) is 0.791. The Kier molecular flexibility index (Phi) is 3.85. The van der Waals surface area contributed by atoms with Crippen LogP contribution in [0.5, 0.6) is 0 Å². The fraction of sp³-hybridized carbons (Fsp3) is 0.591. The van der Waals surface area contributed by atoms with Crippen LogP contribution in [0.3, 0.4) is 0 Å². The first-order chi connectivity index (χ1) is 12.7. The molecular weight excluding hydrogens is 324 g/mol. The lowest BCUT2D eigenvalue weighted by Gasteiger charge is -2.51. The van der Waals surface area contributed by atoms with Gasteiger partial charge >= 0.3 is 5.97 Å². The monoisotopic (exact) mass is 352 g/mol. The van der Waals surface area contributed by atoms with E-state index in [1.165, 1.54) is 28.6 Å². The molecule has 0 unspecified atom stereocenters. The van der Waals surface area contributed by atoms with Gasteiger partial charge in [0.1, 0.15) is 0 Å². The van der Waals surface area contributed by atoms with Crippen LogP contribution >= 0.6 is 0 Å². The summed E-state index contributed by atoms with van der Waals surface area (Å²) in [4.78, 5) is 18.9. The molecule has 2 aliphatic heterocycles. The maximum Gasteiger partial charge on any atom is 0.309 e. The lowest BCUT2D eigenvalue weighted by atomic mass is 9.62. The molecule has 1 aliphatic carbocycles. The summed E-state index contributed by atoms with van der Waals surface area (Å²) < 4.78 is 5.20. The van der Waals surface area contributed by atoms with Gasteiger partial charge in [0.05, 0.1) is 19.1 Å². The van der Waals surface area contributed by atoms with Gasteiger partial charge in [0, 0.05) is 29.7 Å². The van der Waals surface area contributed by atoms with Gasteiger partial charge in [0.2, 0.25) is 0 Å². The zero-order valence-corrected chi connectivity index (χ0v) is 15.7. The van der Waals surface area contributed by atoms with Crippen LogP contribution in [0.15, 0.2) is 24.3 Å². The van der Waals surface area contributed by atoms with Crippen molar-refractivity contribution in [1.29, 1.82) is 0 Å². The highest BCUT2D eigenvalue weighted by molar-refractivity contribution is 5.85. The number of carbonyl (C=O) groups excluding carboxylic acids is 1. The minimum Gasteiger partial charge on any atom is -0.469 e. The number of H-pyrrole nitrogens is 1. The van der Waals surface area contributed by atoms with Crippen molar-refractivity contribution in [3.8, 4) is 0 Å². The molecule has 0 bridgehead atoms. The molecule has 0 radical (unpaired) electrons. The van der Waals surface area contributed by atoms with E-state index in [2.05, 4.69) is 41.1 Å². The van der Waals surface area contributed by atoms with Crippen LogP contribution in [0.2, 0.25) is 0 Å². The summed E-state index contributed by atoms with van der Waals surface area (Å²) in [5.74, 6) is 1.59. The predicted molar refractivity (Wildman–Crippen MR) is 102 cm³/mol. The molecule has 5 atom stereocenters. The summed E-state index contributed by atoms with van der Waals surface area (Å²) in [5.41, 5.74) is 4.15. The average molecular weight is 352 g/mol. The number of esters is 1. The molecule has 1 N–H and O–H groups in total. The van der Waals surface area contributed by atoms with Gasteiger partial charge in [-0.05, 0) is 55.1 Å². The Morgan fingerprint density at radius 3 is 2.96 bits per heavy atom. The molecule has 1 aromatic carbocycles. The Morgan fingerprint density at radius 1 is 1.27 bits per heavy atom. The zero-order valence-electron chi connectivity index (χ0n) is 15.7. The highest BCUT2D eigenvalue weighted by Crippen LogP contribution is 2.50. The number of methoxy groups -OCH3 is 1. The van der Waals surface area contributed by atoms with Crippen molar-refractivity contribution in [3.63, 3.8) is 0 Å². The van der Waals surface area contributed by atoms with E-state index in [1.807, 2.05) is 0 Å². The van der Waals surface area contributed by atoms with Gasteiger partial charge in [0.25, 0.3) is 0 Å². The lowest BCUT2D eigenvalue weighted by molar-refractivity contribution is -0.155. The van der Waals surface area contributed by atoms with E-state index in [1.54, 1.807) is 7.11 Å². The Balaban J connectivity index is 1.52. The number of fused-ring (bicyclic) bond motifs is 6. The molecule has 1 saturated carbocycles. The normalized spacial score (nSPS) is 34.0. The minimum absolute atomic E-state index is 0.00771. The van der Waals surface area contributed by atoms with E-state index >= 15 is 0 Å². The first-order valence-electron chi connectivity index (χ1n) is 10.1. The first-order valence-corrected chi connectivity index (χ1v) is 10.1. The lowest BCUT2D eigenvalue weighted by Crippen LogP contribution is -2.51. The fourth-order valence-electron chi connectivity index (χ4n) is 6.11. The zero-order chi connectivity index (χ0) is 17.8. The number of rotatable bonds is 1. The number of benzene rings is 1. The second-order valence-corrected chi connectivity index (χ2v) is 8.59. The van der Waals surface area contributed by atoms with E-state index in [-0.39, 0.29) is 11.9 Å². The van der Waals surface area contributed by atoms with Crippen LogP contribution in [0.4, 0.5) is 0 Å². The van der Waals surface area contributed by atoms with Crippen LogP contribution in [-0.2, 0) is 16.0 Å². The maximum absolute atomic E-state index is 12.5. The molecular formula is C22H28N2O2. The number of ether oxygens (including phenoxy) is 1. The van der Waals surface area contributed by atoms with Crippen LogP contribution in [-0.4, -0.2) is 36.1 Å². The Labute approximate surface area is 154 Å². The van der Waals surface area contributed by atoms with Gasteiger partial charge < -0.3 is 9.72 Å². The SMILES string of the molecule is COC(=O)[C@H]1[C@H]2C[C@H]3c4[nH]c5ccccc5c4CCN3C[C@H]2CC[C@@H]1C. The van der Waals surface area contributed by atoms with Gasteiger partial charge in [-0.15, -0.1) is 0 Å². The Hall–Kier alpha value is -1.81. The van der Waals surface area contributed by atoms with Crippen molar-refractivity contribution >= 4 is 16.9 Å². The van der Waals surface area contributed by atoms with Gasteiger partial charge in [-0.1, -0.05) is 25.1 Å². The summed E-state index contributed by atoms with van der Waals surface area (Å²) >= 11 is 0. The van der Waals surface area contributed by atoms with E-state index in [0.717, 1.165) is 32.4 Å². The maximum atomic E-state index is 12.5. The van der Waals surface area contributed by atoms with E-state index in [9.17, 15) is 4.79 Å². The molecule has 4 nitrogen and oxygen atoms in total. The summed E-state index contributed by atoms with van der Waals surface area (Å²) in [6.07, 6.45) is 4.61. The molecule has 3 heterocycles. The topological polar surface area (TPSA) is 45.3 Å². The predicted octanol–water partition coefficient (Wildman–Crippen LogP) is 3.92. The van der Waals surface area contributed by atoms with Crippen LogP contribution in [0.25, 0.3) is 10.9 Å². The van der Waals surface area contributed by atoms with Crippen molar-refractivity contribution in [3.05, 3.63) is 35.5 Å². The molecule has 3 aliphatic rings. The van der Waals surface area contributed by atoms with E-state index in [4.69, 9.17) is 4.74 Å². The van der Waals surface area contributed by atoms with Crippen LogP contribution < -0.4 is 0 Å². The number of carbonyl (C=O) groups is 1. The molecule has 1 aromatic heterocycles. The summed E-state index contributed by atoms with van der Waals surface area (Å²) in [5, 5.41) is 1.38. The standard InChI is InChI=1S/C22H28N2O2/c1-13-7-8-14-12-24-10-9-16-15-5-3-4-6-18(15)23-21(16)19(24)11-17(14)20(13)22(25)26-2/h3-6,13-14,17,19-20,23H,7-12H2,1-2H3/t13-,14+,17-,19-,20+/m0/s1. The molecule has 1 saturated heterocycles. The number of aromatic nitrogens is 1. The molecule has 2 aromatic rings. The number of para-hydroxylation sites is 1. The smallest absolute Gasteiger partial charge is 0.309 e. The van der Waals surface area contributed by atoms with Crippen molar-refractivity contribution in [2.45, 2.75) is 38.6 Å². The van der Waals surface area contributed by atoms with Gasteiger partial charge in [0.15, 0.2) is 0 Å². The largest absolute Gasteiger partial charge is 0.469 e. The van der Waals surface area contributed by atoms with Crippen molar-refractivity contribution in [2.75, 3.05) is 20.2 Å². The number of nitrogens with one attached hydrogen (secondary N) is 1. The van der Waals surface area contributed by atoms with E-state index < -0.39 is 0 Å². The Morgan fingerprint density at radius 2 is 2.12 bits per heavy atom. The number of aromatic amines is 1. The molecule has 2 fully saturated rings. The summed E-state index contributed by atoms with van der Waals surface area (Å²) in [6.45, 7) is 4.50. The molecule has 138 valence electrons. The minimum atomic E-state index is 0.00771. The third kappa shape index (κ3) is 2.34. The van der Waals surface area contributed by atoms with E-state index in [0.29, 0.717) is 23.8 Å². The Bertz CT molecular complexity index is 842. The molecule has 4 heteroatoms. The number of hydrogen-bond donors (Lipinski definition) is 1. The average Bonchev–Trinajstić information content (AvgIpc) is 3.05. The highest BCUT2D eigenvalue weighted by atomic mass is 16.5.